The highest BCUT2D eigenvalue weighted by Crippen LogP contribution is 2.38. The van der Waals surface area contributed by atoms with Gasteiger partial charge in [-0.25, -0.2) is 0 Å². The molecule has 7 rings (SSSR count). The molecule has 0 saturated carbocycles. The van der Waals surface area contributed by atoms with E-state index in [1.165, 1.54) is 49.7 Å². The summed E-state index contributed by atoms with van der Waals surface area (Å²) in [4.78, 5) is 0. The molecule has 0 amide bonds. The lowest BCUT2D eigenvalue weighted by atomic mass is 9.84. The Bertz CT molecular complexity index is 2070. The summed E-state index contributed by atoms with van der Waals surface area (Å²) in [5.41, 5.74) is 11.7. The van der Waals surface area contributed by atoms with E-state index in [-0.39, 0.29) is 5.92 Å². The fourth-order valence-electron chi connectivity index (χ4n) is 6.18. The molecule has 1 unspecified atom stereocenters. The summed E-state index contributed by atoms with van der Waals surface area (Å²) in [5.74, 6) is 0.271. The van der Waals surface area contributed by atoms with E-state index in [9.17, 15) is 5.26 Å². The Balaban J connectivity index is 1.30. The third kappa shape index (κ3) is 5.67. The SMILES string of the molecule is N#Cc1ccc(-c2cccc(-c3cc4ccccc4cc3-c3ccc(C(Cc4ccccc4)c4ccccc4)cc3)c2)cc1. The maximum absolute atomic E-state index is 9.24. The Morgan fingerprint density at radius 3 is 1.64 bits per heavy atom. The van der Waals surface area contributed by atoms with Crippen LogP contribution in [0.1, 0.15) is 28.2 Å². The van der Waals surface area contributed by atoms with Crippen LogP contribution >= 0.6 is 0 Å². The van der Waals surface area contributed by atoms with E-state index in [0.29, 0.717) is 5.56 Å². The van der Waals surface area contributed by atoms with Crippen molar-refractivity contribution in [3.05, 3.63) is 192 Å². The van der Waals surface area contributed by atoms with Crippen LogP contribution in [-0.2, 0) is 6.42 Å². The van der Waals surface area contributed by atoms with E-state index in [0.717, 1.165) is 17.5 Å². The van der Waals surface area contributed by atoms with Crippen molar-refractivity contribution in [3.63, 3.8) is 0 Å². The molecule has 0 bridgehead atoms. The molecule has 0 aromatic heterocycles. The van der Waals surface area contributed by atoms with Crippen LogP contribution < -0.4 is 0 Å². The molecule has 0 radical (unpaired) electrons. The number of benzene rings is 7. The van der Waals surface area contributed by atoms with Gasteiger partial charge in [0.15, 0.2) is 0 Å². The summed E-state index contributed by atoms with van der Waals surface area (Å²) < 4.78 is 0. The van der Waals surface area contributed by atoms with Crippen LogP contribution in [0.25, 0.3) is 44.2 Å². The molecule has 208 valence electrons. The lowest BCUT2D eigenvalue weighted by molar-refractivity contribution is 0.805. The Morgan fingerprint density at radius 2 is 0.977 bits per heavy atom. The average molecular weight is 562 g/mol. The van der Waals surface area contributed by atoms with Crippen LogP contribution in [0.3, 0.4) is 0 Å². The van der Waals surface area contributed by atoms with E-state index in [1.807, 2.05) is 24.3 Å². The molecule has 7 aromatic rings. The van der Waals surface area contributed by atoms with Gasteiger partial charge >= 0.3 is 0 Å². The zero-order valence-corrected chi connectivity index (χ0v) is 24.4. The maximum Gasteiger partial charge on any atom is 0.0991 e. The third-order valence-corrected chi connectivity index (χ3v) is 8.52. The lowest BCUT2D eigenvalue weighted by Crippen LogP contribution is -2.05. The van der Waals surface area contributed by atoms with Crippen LogP contribution in [0.15, 0.2) is 170 Å². The van der Waals surface area contributed by atoms with Crippen molar-refractivity contribution in [1.82, 2.24) is 0 Å². The van der Waals surface area contributed by atoms with Crippen molar-refractivity contribution in [2.75, 3.05) is 0 Å². The Hall–Kier alpha value is -5.71. The minimum atomic E-state index is 0.271. The van der Waals surface area contributed by atoms with Crippen LogP contribution in [0, 0.1) is 11.3 Å². The van der Waals surface area contributed by atoms with Crippen LogP contribution in [-0.4, -0.2) is 0 Å². The standard InChI is InChI=1S/C43H31N/c44-30-32-18-20-33(21-19-32)37-16-9-17-40(27-37)43-29-39-15-8-7-14-38(39)28-42(43)36-24-22-35(23-25-36)41(34-12-5-2-6-13-34)26-31-10-3-1-4-11-31/h1-25,27-29,41H,26H2. The zero-order valence-electron chi connectivity index (χ0n) is 24.4. The van der Waals surface area contributed by atoms with Gasteiger partial charge in [-0.15, -0.1) is 0 Å². The van der Waals surface area contributed by atoms with E-state index in [4.69, 9.17) is 0 Å². The van der Waals surface area contributed by atoms with E-state index >= 15 is 0 Å². The van der Waals surface area contributed by atoms with Gasteiger partial charge in [-0.1, -0.05) is 140 Å². The van der Waals surface area contributed by atoms with E-state index in [1.54, 1.807) is 0 Å². The normalized spacial score (nSPS) is 11.6. The second-order valence-electron chi connectivity index (χ2n) is 11.3. The van der Waals surface area contributed by atoms with Gasteiger partial charge in [0, 0.05) is 5.92 Å². The van der Waals surface area contributed by atoms with Crippen LogP contribution in [0.4, 0.5) is 0 Å². The molecule has 0 heterocycles. The molecule has 7 aromatic carbocycles. The highest BCUT2D eigenvalue weighted by molar-refractivity contribution is 5.97. The molecular formula is C43H31N. The minimum Gasteiger partial charge on any atom is -0.192 e. The Kier molecular flexibility index (Phi) is 7.56. The fourth-order valence-corrected chi connectivity index (χ4v) is 6.18. The summed E-state index contributed by atoms with van der Waals surface area (Å²) in [7, 11) is 0. The first-order valence-corrected chi connectivity index (χ1v) is 15.1. The second kappa shape index (κ2) is 12.3. The predicted molar refractivity (Wildman–Crippen MR) is 183 cm³/mol. The van der Waals surface area contributed by atoms with Crippen molar-refractivity contribution >= 4 is 10.8 Å². The predicted octanol–water partition coefficient (Wildman–Crippen LogP) is 11.1. The lowest BCUT2D eigenvalue weighted by Gasteiger charge is -2.20. The molecule has 0 aliphatic rings. The second-order valence-corrected chi connectivity index (χ2v) is 11.3. The van der Waals surface area contributed by atoms with Crippen molar-refractivity contribution in [1.29, 1.82) is 5.26 Å². The molecule has 0 saturated heterocycles. The Morgan fingerprint density at radius 1 is 0.432 bits per heavy atom. The van der Waals surface area contributed by atoms with E-state index < -0.39 is 0 Å². The molecule has 44 heavy (non-hydrogen) atoms. The van der Waals surface area contributed by atoms with Gasteiger partial charge in [0.1, 0.15) is 0 Å². The summed E-state index contributed by atoms with van der Waals surface area (Å²) >= 11 is 0. The number of nitriles is 1. The van der Waals surface area contributed by atoms with Crippen LogP contribution in [0.5, 0.6) is 0 Å². The van der Waals surface area contributed by atoms with Gasteiger partial charge in [0.2, 0.25) is 0 Å². The molecule has 0 aliphatic heterocycles. The summed E-state index contributed by atoms with van der Waals surface area (Å²) in [6.07, 6.45) is 0.952. The van der Waals surface area contributed by atoms with Crippen molar-refractivity contribution < 1.29 is 0 Å². The molecule has 0 aliphatic carbocycles. The molecule has 1 atom stereocenters. The highest BCUT2D eigenvalue weighted by atomic mass is 14.2. The summed E-state index contributed by atoms with van der Waals surface area (Å²) in [5, 5.41) is 11.7. The highest BCUT2D eigenvalue weighted by Gasteiger charge is 2.16. The first-order valence-electron chi connectivity index (χ1n) is 15.1. The van der Waals surface area contributed by atoms with Crippen molar-refractivity contribution in [2.24, 2.45) is 0 Å². The monoisotopic (exact) mass is 561 g/mol. The number of nitrogens with zero attached hydrogens (tertiary/aromatic N) is 1. The first-order chi connectivity index (χ1) is 21.7. The minimum absolute atomic E-state index is 0.271. The topological polar surface area (TPSA) is 23.8 Å². The largest absolute Gasteiger partial charge is 0.192 e. The van der Waals surface area contributed by atoms with E-state index in [2.05, 4.69) is 152 Å². The quantitative estimate of drug-likeness (QED) is 0.190. The number of fused-ring (bicyclic) bond motifs is 1. The number of hydrogen-bond donors (Lipinski definition) is 0. The van der Waals surface area contributed by atoms with Gasteiger partial charge in [-0.05, 0) is 97.6 Å². The molecular weight excluding hydrogens is 530 g/mol. The number of hydrogen-bond acceptors (Lipinski definition) is 1. The zero-order chi connectivity index (χ0) is 29.7. The smallest absolute Gasteiger partial charge is 0.0991 e. The first kappa shape index (κ1) is 27.1. The fraction of sp³-hybridized carbons (Fsp3) is 0.0465. The van der Waals surface area contributed by atoms with Gasteiger partial charge in [0.05, 0.1) is 11.6 Å². The summed E-state index contributed by atoms with van der Waals surface area (Å²) in [6.45, 7) is 0. The molecule has 1 nitrogen and oxygen atoms in total. The van der Waals surface area contributed by atoms with Gasteiger partial charge in [-0.3, -0.25) is 0 Å². The van der Waals surface area contributed by atoms with Crippen LogP contribution in [0.2, 0.25) is 0 Å². The molecule has 0 N–H and O–H groups in total. The van der Waals surface area contributed by atoms with Gasteiger partial charge < -0.3 is 0 Å². The van der Waals surface area contributed by atoms with Crippen molar-refractivity contribution in [2.45, 2.75) is 12.3 Å². The molecule has 0 fully saturated rings. The maximum atomic E-state index is 9.24. The summed E-state index contributed by atoms with van der Waals surface area (Å²) in [6, 6.07) is 62.8. The Labute approximate surface area is 259 Å². The molecule has 1 heteroatoms. The number of rotatable bonds is 7. The molecule has 0 spiro atoms. The van der Waals surface area contributed by atoms with Gasteiger partial charge in [-0.2, -0.15) is 5.26 Å². The average Bonchev–Trinajstić information content (AvgIpc) is 3.11. The third-order valence-electron chi connectivity index (χ3n) is 8.52. The van der Waals surface area contributed by atoms with Crippen molar-refractivity contribution in [3.8, 4) is 39.4 Å². The van der Waals surface area contributed by atoms with Gasteiger partial charge in [0.25, 0.3) is 0 Å².